The first-order valence-corrected chi connectivity index (χ1v) is 6.71. The van der Waals surface area contributed by atoms with Crippen molar-refractivity contribution in [3.8, 4) is 0 Å². The molecule has 0 unspecified atom stereocenters. The number of rotatable bonds is 4. The molecule has 0 spiro atoms. The van der Waals surface area contributed by atoms with Crippen molar-refractivity contribution >= 4 is 21.6 Å². The van der Waals surface area contributed by atoms with E-state index >= 15 is 0 Å². The zero-order chi connectivity index (χ0) is 13.6. The molecular weight excluding hydrogens is 252 g/mol. The second-order valence-electron chi connectivity index (χ2n) is 3.44. The van der Waals surface area contributed by atoms with Gasteiger partial charge in [0.25, 0.3) is 0 Å². The van der Waals surface area contributed by atoms with Crippen LogP contribution < -0.4 is 10.5 Å². The molecule has 0 saturated heterocycles. The molecule has 0 aromatic heterocycles. The third-order valence-corrected chi connectivity index (χ3v) is 2.93. The summed E-state index contributed by atoms with van der Waals surface area (Å²) in [7, 11) is -3.70. The number of allylic oxidation sites excluding steroid dienone is 3. The van der Waals surface area contributed by atoms with Crippen molar-refractivity contribution in [3.05, 3.63) is 48.6 Å². The summed E-state index contributed by atoms with van der Waals surface area (Å²) in [5.74, 6) is -0.295. The molecule has 3 N–H and O–H groups in total. The molecule has 5 nitrogen and oxygen atoms in total. The lowest BCUT2D eigenvalue weighted by Crippen LogP contribution is -2.12. The van der Waals surface area contributed by atoms with E-state index in [0.29, 0.717) is 5.69 Å². The summed E-state index contributed by atoms with van der Waals surface area (Å²) in [5.41, 5.74) is 0.498. The highest BCUT2D eigenvalue weighted by molar-refractivity contribution is 7.89. The van der Waals surface area contributed by atoms with Gasteiger partial charge in [0.15, 0.2) is 0 Å². The maximum atomic E-state index is 11.4. The van der Waals surface area contributed by atoms with Crippen molar-refractivity contribution in [2.75, 3.05) is 5.32 Å². The fourth-order valence-corrected chi connectivity index (χ4v) is 1.68. The molecule has 0 heterocycles. The number of carbonyl (C=O) groups excluding carboxylic acids is 1. The van der Waals surface area contributed by atoms with E-state index in [9.17, 15) is 13.2 Å². The Balaban J connectivity index is 2.73. The van der Waals surface area contributed by atoms with Gasteiger partial charge in [-0.2, -0.15) is 0 Å². The van der Waals surface area contributed by atoms with Gasteiger partial charge in [-0.3, -0.25) is 4.79 Å². The summed E-state index contributed by atoms with van der Waals surface area (Å²) in [6.45, 7) is 1.84. The van der Waals surface area contributed by atoms with Crippen molar-refractivity contribution in [3.63, 3.8) is 0 Å². The smallest absolute Gasteiger partial charge is 0.248 e. The number of nitrogens with two attached hydrogens (primary N) is 1. The number of anilines is 1. The molecule has 0 aliphatic rings. The molecule has 1 aromatic carbocycles. The molecule has 6 heteroatoms. The first kappa shape index (κ1) is 14.1. The van der Waals surface area contributed by atoms with Crippen LogP contribution in [-0.4, -0.2) is 14.3 Å². The molecule has 18 heavy (non-hydrogen) atoms. The maximum Gasteiger partial charge on any atom is 0.248 e. The van der Waals surface area contributed by atoms with Crippen LogP contribution in [0.1, 0.15) is 6.92 Å². The summed E-state index contributed by atoms with van der Waals surface area (Å²) >= 11 is 0. The molecule has 1 rings (SSSR count). The minimum Gasteiger partial charge on any atom is -0.323 e. The van der Waals surface area contributed by atoms with Crippen LogP contribution in [0.5, 0.6) is 0 Å². The molecule has 0 fully saturated rings. The minimum atomic E-state index is -3.70. The fraction of sp³-hybridized carbons (Fsp3) is 0.0833. The quantitative estimate of drug-likeness (QED) is 0.637. The summed E-state index contributed by atoms with van der Waals surface area (Å²) in [5, 5.41) is 7.54. The van der Waals surface area contributed by atoms with Crippen molar-refractivity contribution in [1.82, 2.24) is 0 Å². The van der Waals surface area contributed by atoms with E-state index in [1.54, 1.807) is 18.2 Å². The molecule has 0 saturated carbocycles. The molecule has 0 aliphatic heterocycles. The molecule has 1 amide bonds. The topological polar surface area (TPSA) is 89.3 Å². The Morgan fingerprint density at radius 1 is 1.22 bits per heavy atom. The molecule has 96 valence electrons. The zero-order valence-electron chi connectivity index (χ0n) is 9.83. The van der Waals surface area contributed by atoms with Crippen LogP contribution in [0.25, 0.3) is 0 Å². The van der Waals surface area contributed by atoms with Gasteiger partial charge in [0, 0.05) is 11.8 Å². The standard InChI is InChI=1S/C12H14N2O3S/c1-2-3-4-5-12(15)14-10-6-8-11(9-7-10)18(13,16)17/h2-9H,1H3,(H,14,15)(H2,13,16,17)/b3-2+,5-4+. The third kappa shape index (κ3) is 4.52. The Labute approximate surface area is 106 Å². The van der Waals surface area contributed by atoms with Crippen molar-refractivity contribution in [2.45, 2.75) is 11.8 Å². The van der Waals surface area contributed by atoms with E-state index in [1.807, 2.05) is 6.92 Å². The van der Waals surface area contributed by atoms with E-state index in [4.69, 9.17) is 5.14 Å². The summed E-state index contributed by atoms with van der Waals surface area (Å²) in [4.78, 5) is 11.4. The van der Waals surface area contributed by atoms with Crippen molar-refractivity contribution in [1.29, 1.82) is 0 Å². The first-order valence-electron chi connectivity index (χ1n) is 5.16. The number of primary sulfonamides is 1. The predicted octanol–water partition coefficient (Wildman–Crippen LogP) is 1.40. The Kier molecular flexibility index (Phi) is 4.82. The lowest BCUT2D eigenvalue weighted by atomic mass is 10.3. The Morgan fingerprint density at radius 3 is 2.33 bits per heavy atom. The van der Waals surface area contributed by atoms with E-state index in [2.05, 4.69) is 5.32 Å². The predicted molar refractivity (Wildman–Crippen MR) is 70.4 cm³/mol. The Bertz CT molecular complexity index is 572. The number of sulfonamides is 1. The van der Waals surface area contributed by atoms with Crippen LogP contribution in [0.4, 0.5) is 5.69 Å². The number of nitrogens with one attached hydrogen (secondary N) is 1. The first-order chi connectivity index (χ1) is 8.43. The average molecular weight is 266 g/mol. The largest absolute Gasteiger partial charge is 0.323 e. The van der Waals surface area contributed by atoms with Crippen LogP contribution in [0.2, 0.25) is 0 Å². The highest BCUT2D eigenvalue weighted by Gasteiger charge is 2.06. The monoisotopic (exact) mass is 266 g/mol. The van der Waals surface area contributed by atoms with Crippen LogP contribution in [0.3, 0.4) is 0 Å². The zero-order valence-corrected chi connectivity index (χ0v) is 10.6. The number of benzene rings is 1. The second-order valence-corrected chi connectivity index (χ2v) is 5.00. The average Bonchev–Trinajstić information content (AvgIpc) is 2.29. The van der Waals surface area contributed by atoms with E-state index in [0.717, 1.165) is 0 Å². The van der Waals surface area contributed by atoms with Crippen LogP contribution in [0, 0.1) is 0 Å². The molecule has 0 bridgehead atoms. The minimum absolute atomic E-state index is 0.00459. The van der Waals surface area contributed by atoms with Gasteiger partial charge in [0.05, 0.1) is 4.90 Å². The van der Waals surface area contributed by atoms with Gasteiger partial charge in [0.2, 0.25) is 15.9 Å². The molecule has 0 aliphatic carbocycles. The summed E-state index contributed by atoms with van der Waals surface area (Å²) in [6, 6.07) is 5.61. The van der Waals surface area contributed by atoms with Gasteiger partial charge in [-0.15, -0.1) is 0 Å². The van der Waals surface area contributed by atoms with Gasteiger partial charge in [-0.25, -0.2) is 13.6 Å². The molecule has 0 radical (unpaired) electrons. The highest BCUT2D eigenvalue weighted by Crippen LogP contribution is 2.12. The number of amides is 1. The van der Waals surface area contributed by atoms with E-state index in [1.165, 1.54) is 30.3 Å². The van der Waals surface area contributed by atoms with Crippen molar-refractivity contribution < 1.29 is 13.2 Å². The fourth-order valence-electron chi connectivity index (χ4n) is 1.17. The Hall–Kier alpha value is -1.92. The Morgan fingerprint density at radius 2 is 1.83 bits per heavy atom. The third-order valence-electron chi connectivity index (χ3n) is 2.00. The van der Waals surface area contributed by atoms with Crippen molar-refractivity contribution in [2.24, 2.45) is 5.14 Å². The molecule has 0 atom stereocenters. The van der Waals surface area contributed by atoms with Crippen LogP contribution in [0.15, 0.2) is 53.5 Å². The van der Waals surface area contributed by atoms with Crippen LogP contribution in [-0.2, 0) is 14.8 Å². The summed E-state index contributed by atoms with van der Waals surface area (Å²) < 4.78 is 22.0. The lowest BCUT2D eigenvalue weighted by molar-refractivity contribution is -0.111. The van der Waals surface area contributed by atoms with Gasteiger partial charge >= 0.3 is 0 Å². The normalized spacial score (nSPS) is 12.1. The second kappa shape index (κ2) is 6.13. The number of hydrogen-bond donors (Lipinski definition) is 2. The van der Waals surface area contributed by atoms with Gasteiger partial charge in [-0.1, -0.05) is 18.2 Å². The number of hydrogen-bond acceptors (Lipinski definition) is 3. The highest BCUT2D eigenvalue weighted by atomic mass is 32.2. The van der Waals surface area contributed by atoms with Crippen LogP contribution >= 0.6 is 0 Å². The molecular formula is C12H14N2O3S. The van der Waals surface area contributed by atoms with E-state index < -0.39 is 10.0 Å². The summed E-state index contributed by atoms with van der Waals surface area (Å²) in [6.07, 6.45) is 6.50. The number of carbonyl (C=O) groups is 1. The SMILES string of the molecule is C/C=C/C=C/C(=O)Nc1ccc(S(N)(=O)=O)cc1. The van der Waals surface area contributed by atoms with Gasteiger partial charge in [-0.05, 0) is 31.2 Å². The van der Waals surface area contributed by atoms with Gasteiger partial charge < -0.3 is 5.32 Å². The molecule has 1 aromatic rings. The van der Waals surface area contributed by atoms with E-state index in [-0.39, 0.29) is 10.8 Å². The van der Waals surface area contributed by atoms with Gasteiger partial charge in [0.1, 0.15) is 0 Å². The maximum absolute atomic E-state index is 11.4. The lowest BCUT2D eigenvalue weighted by Gasteiger charge is -2.03.